The van der Waals surface area contributed by atoms with Crippen molar-refractivity contribution < 1.29 is 18.3 Å². The second-order valence-electron chi connectivity index (χ2n) is 6.86. The van der Waals surface area contributed by atoms with E-state index in [1.807, 2.05) is 31.2 Å². The van der Waals surface area contributed by atoms with E-state index in [0.717, 1.165) is 16.7 Å². The van der Waals surface area contributed by atoms with E-state index < -0.39 is 0 Å². The van der Waals surface area contributed by atoms with Gasteiger partial charge in [-0.3, -0.25) is 4.79 Å². The molecule has 1 heterocycles. The van der Waals surface area contributed by atoms with Crippen LogP contribution in [0.15, 0.2) is 77.2 Å². The van der Waals surface area contributed by atoms with Gasteiger partial charge in [-0.1, -0.05) is 18.2 Å². The van der Waals surface area contributed by atoms with E-state index in [9.17, 15) is 9.18 Å². The molecule has 0 atom stereocenters. The van der Waals surface area contributed by atoms with Crippen LogP contribution in [-0.2, 0) is 0 Å². The predicted octanol–water partition coefficient (Wildman–Crippen LogP) is 4.66. The molecule has 0 aliphatic heterocycles. The van der Waals surface area contributed by atoms with Crippen LogP contribution in [0.2, 0.25) is 0 Å². The summed E-state index contributed by atoms with van der Waals surface area (Å²) in [5.41, 5.74) is 3.17. The Labute approximate surface area is 178 Å². The maximum absolute atomic E-state index is 12.9. The topological polar surface area (TPSA) is 77.2 Å². The van der Waals surface area contributed by atoms with E-state index >= 15 is 0 Å². The summed E-state index contributed by atoms with van der Waals surface area (Å²) in [5.74, 6) is 0.843. The number of carbonyl (C=O) groups excluding carboxylic acids is 1. The lowest BCUT2D eigenvalue weighted by atomic mass is 10.1. The first-order chi connectivity index (χ1) is 15.1. The summed E-state index contributed by atoms with van der Waals surface area (Å²) >= 11 is 0. The maximum atomic E-state index is 12.9. The molecule has 0 saturated heterocycles. The Morgan fingerprint density at radius 1 is 0.968 bits per heavy atom. The molecule has 6 nitrogen and oxygen atoms in total. The van der Waals surface area contributed by atoms with Gasteiger partial charge < -0.3 is 14.5 Å². The number of nitrogens with one attached hydrogen (secondary N) is 1. The summed E-state index contributed by atoms with van der Waals surface area (Å²) in [7, 11) is 0. The molecule has 7 heteroatoms. The highest BCUT2D eigenvalue weighted by Crippen LogP contribution is 2.26. The Morgan fingerprint density at radius 3 is 2.42 bits per heavy atom. The molecular weight excluding hydrogens is 397 g/mol. The van der Waals surface area contributed by atoms with Crippen molar-refractivity contribution in [1.82, 2.24) is 15.5 Å². The summed E-state index contributed by atoms with van der Waals surface area (Å²) in [6.07, 6.45) is 0. The highest BCUT2D eigenvalue weighted by molar-refractivity contribution is 5.94. The van der Waals surface area contributed by atoms with Crippen molar-refractivity contribution in [2.75, 3.05) is 13.2 Å². The monoisotopic (exact) mass is 417 g/mol. The minimum Gasteiger partial charge on any atom is -0.492 e. The fourth-order valence-corrected chi connectivity index (χ4v) is 2.99. The lowest BCUT2D eigenvalue weighted by molar-refractivity contribution is 0.0947. The molecule has 1 aromatic heterocycles. The van der Waals surface area contributed by atoms with Gasteiger partial charge in [-0.05, 0) is 67.1 Å². The van der Waals surface area contributed by atoms with E-state index in [0.29, 0.717) is 29.6 Å². The predicted molar refractivity (Wildman–Crippen MR) is 114 cm³/mol. The fourth-order valence-electron chi connectivity index (χ4n) is 2.99. The van der Waals surface area contributed by atoms with Crippen molar-refractivity contribution in [3.8, 4) is 28.7 Å². The summed E-state index contributed by atoms with van der Waals surface area (Å²) in [5, 5.41) is 11.0. The van der Waals surface area contributed by atoms with Crippen LogP contribution in [0.1, 0.15) is 15.9 Å². The zero-order valence-electron chi connectivity index (χ0n) is 16.8. The van der Waals surface area contributed by atoms with Gasteiger partial charge in [-0.25, -0.2) is 4.39 Å². The van der Waals surface area contributed by atoms with Gasteiger partial charge in [0.1, 0.15) is 18.2 Å². The number of hydrogen-bond acceptors (Lipinski definition) is 5. The summed E-state index contributed by atoms with van der Waals surface area (Å²) in [6.45, 7) is 2.58. The Bertz CT molecular complexity index is 1170. The molecular formula is C24H20FN3O3. The van der Waals surface area contributed by atoms with Crippen molar-refractivity contribution in [3.05, 3.63) is 89.7 Å². The molecule has 31 heavy (non-hydrogen) atoms. The van der Waals surface area contributed by atoms with Crippen LogP contribution in [0.5, 0.6) is 5.75 Å². The number of aryl methyl sites for hydroxylation is 1. The second-order valence-corrected chi connectivity index (χ2v) is 6.86. The van der Waals surface area contributed by atoms with Crippen LogP contribution in [0.3, 0.4) is 0 Å². The van der Waals surface area contributed by atoms with Gasteiger partial charge >= 0.3 is 0 Å². The molecule has 3 aromatic carbocycles. The third-order valence-corrected chi connectivity index (χ3v) is 4.66. The lowest BCUT2D eigenvalue weighted by Crippen LogP contribution is -2.28. The number of ether oxygens (including phenoxy) is 1. The van der Waals surface area contributed by atoms with Gasteiger partial charge in [0.2, 0.25) is 11.8 Å². The number of nitrogens with zero attached hydrogens (tertiary/aromatic N) is 2. The third-order valence-electron chi connectivity index (χ3n) is 4.66. The van der Waals surface area contributed by atoms with E-state index in [2.05, 4.69) is 15.5 Å². The largest absolute Gasteiger partial charge is 0.492 e. The molecule has 1 N–H and O–H groups in total. The standard InChI is InChI=1S/C24H20FN3O3/c1-16-4-2-3-5-21(16)24-28-27-23(31-24)18-8-6-17(7-9-18)22(29)26-14-15-30-20-12-10-19(25)11-13-20/h2-13H,14-15H2,1H3,(H,26,29). The first-order valence-corrected chi connectivity index (χ1v) is 9.77. The Morgan fingerprint density at radius 2 is 1.68 bits per heavy atom. The fraction of sp³-hybridized carbons (Fsp3) is 0.125. The minimum atomic E-state index is -0.323. The van der Waals surface area contributed by atoms with Crippen LogP contribution >= 0.6 is 0 Å². The zero-order valence-corrected chi connectivity index (χ0v) is 16.8. The number of benzene rings is 3. The van der Waals surface area contributed by atoms with Crippen molar-refractivity contribution in [3.63, 3.8) is 0 Å². The summed E-state index contributed by atoms with van der Waals surface area (Å²) < 4.78 is 24.1. The summed E-state index contributed by atoms with van der Waals surface area (Å²) in [6, 6.07) is 20.4. The van der Waals surface area contributed by atoms with E-state index in [4.69, 9.17) is 9.15 Å². The molecule has 4 aromatic rings. The summed E-state index contributed by atoms with van der Waals surface area (Å²) in [4.78, 5) is 12.3. The second kappa shape index (κ2) is 9.21. The average molecular weight is 417 g/mol. The molecule has 0 bridgehead atoms. The average Bonchev–Trinajstić information content (AvgIpc) is 3.28. The number of hydrogen-bond donors (Lipinski definition) is 1. The van der Waals surface area contributed by atoms with Crippen LogP contribution in [0.25, 0.3) is 22.9 Å². The molecule has 0 radical (unpaired) electrons. The van der Waals surface area contributed by atoms with E-state index in [1.165, 1.54) is 24.3 Å². The normalized spacial score (nSPS) is 10.6. The SMILES string of the molecule is Cc1ccccc1-c1nnc(-c2ccc(C(=O)NCCOc3ccc(F)cc3)cc2)o1. The van der Waals surface area contributed by atoms with Crippen molar-refractivity contribution in [1.29, 1.82) is 0 Å². The van der Waals surface area contributed by atoms with Crippen LogP contribution < -0.4 is 10.1 Å². The van der Waals surface area contributed by atoms with Gasteiger partial charge in [0.05, 0.1) is 6.54 Å². The highest BCUT2D eigenvalue weighted by atomic mass is 19.1. The van der Waals surface area contributed by atoms with E-state index in [-0.39, 0.29) is 18.3 Å². The molecule has 1 amide bonds. The number of halogens is 1. The zero-order chi connectivity index (χ0) is 21.6. The van der Waals surface area contributed by atoms with Gasteiger partial charge in [-0.2, -0.15) is 0 Å². The molecule has 0 unspecified atom stereocenters. The first kappa shape index (κ1) is 20.3. The van der Waals surface area contributed by atoms with Crippen molar-refractivity contribution in [2.24, 2.45) is 0 Å². The van der Waals surface area contributed by atoms with Crippen LogP contribution in [-0.4, -0.2) is 29.3 Å². The molecule has 0 spiro atoms. The molecule has 0 aliphatic carbocycles. The molecule has 0 aliphatic rings. The lowest BCUT2D eigenvalue weighted by Gasteiger charge is -2.08. The van der Waals surface area contributed by atoms with Crippen molar-refractivity contribution in [2.45, 2.75) is 6.92 Å². The first-order valence-electron chi connectivity index (χ1n) is 9.77. The molecule has 0 fully saturated rings. The highest BCUT2D eigenvalue weighted by Gasteiger charge is 2.13. The number of rotatable bonds is 7. The minimum absolute atomic E-state index is 0.222. The number of amides is 1. The molecule has 4 rings (SSSR count). The molecule has 0 saturated carbocycles. The van der Waals surface area contributed by atoms with Gasteiger partial charge in [-0.15, -0.1) is 10.2 Å². The van der Waals surface area contributed by atoms with Crippen LogP contribution in [0.4, 0.5) is 4.39 Å². The third kappa shape index (κ3) is 4.95. The van der Waals surface area contributed by atoms with Gasteiger partial charge in [0, 0.05) is 16.7 Å². The van der Waals surface area contributed by atoms with Gasteiger partial charge in [0.25, 0.3) is 5.91 Å². The smallest absolute Gasteiger partial charge is 0.251 e. The van der Waals surface area contributed by atoms with E-state index in [1.54, 1.807) is 24.3 Å². The van der Waals surface area contributed by atoms with Crippen molar-refractivity contribution >= 4 is 5.91 Å². The Kier molecular flexibility index (Phi) is 6.03. The quantitative estimate of drug-likeness (QED) is 0.443. The Balaban J connectivity index is 1.33. The van der Waals surface area contributed by atoms with Crippen LogP contribution in [0, 0.1) is 12.7 Å². The number of carbonyl (C=O) groups is 1. The number of aromatic nitrogens is 2. The Hall–Kier alpha value is -4.00. The van der Waals surface area contributed by atoms with Gasteiger partial charge in [0.15, 0.2) is 0 Å². The molecule has 156 valence electrons. The maximum Gasteiger partial charge on any atom is 0.251 e.